The second-order valence-electron chi connectivity index (χ2n) is 7.86. The molecule has 35 heavy (non-hydrogen) atoms. The molecule has 0 fully saturated rings. The van der Waals surface area contributed by atoms with Gasteiger partial charge in [0.2, 0.25) is 11.8 Å². The van der Waals surface area contributed by atoms with Gasteiger partial charge in [-0.1, -0.05) is 23.2 Å². The number of nitrogens with one attached hydrogen (secondary N) is 2. The lowest BCUT2D eigenvalue weighted by atomic mass is 10.1. The highest BCUT2D eigenvalue weighted by Gasteiger charge is 2.13. The lowest BCUT2D eigenvalue weighted by molar-refractivity contribution is -0.121. The van der Waals surface area contributed by atoms with E-state index in [2.05, 4.69) is 21.5 Å². The Morgan fingerprint density at radius 2 is 2.06 bits per heavy atom. The van der Waals surface area contributed by atoms with Crippen LogP contribution in [0, 0.1) is 6.92 Å². The van der Waals surface area contributed by atoms with Gasteiger partial charge in [0.15, 0.2) is 11.5 Å². The van der Waals surface area contributed by atoms with Crippen LogP contribution in [0.3, 0.4) is 0 Å². The van der Waals surface area contributed by atoms with Gasteiger partial charge < -0.3 is 24.2 Å². The summed E-state index contributed by atoms with van der Waals surface area (Å²) in [6.07, 6.45) is 5.72. The van der Waals surface area contributed by atoms with Crippen LogP contribution in [-0.2, 0) is 17.8 Å². The number of ether oxygens (including phenoxy) is 2. The van der Waals surface area contributed by atoms with Crippen molar-refractivity contribution in [1.82, 2.24) is 20.1 Å². The molecule has 2 aromatic carbocycles. The van der Waals surface area contributed by atoms with E-state index in [1.807, 2.05) is 25.3 Å². The van der Waals surface area contributed by atoms with E-state index in [0.29, 0.717) is 35.1 Å². The Bertz CT molecular complexity index is 1450. The Kier molecular flexibility index (Phi) is 7.26. The van der Waals surface area contributed by atoms with Crippen molar-refractivity contribution in [3.05, 3.63) is 74.7 Å². The molecular formula is C25H25ClN4O5. The molecule has 2 N–H and O–H groups in total. The fourth-order valence-electron chi connectivity index (χ4n) is 3.71. The minimum atomic E-state index is -0.731. The summed E-state index contributed by atoms with van der Waals surface area (Å²) in [5.74, 6) is -0.137. The first-order chi connectivity index (χ1) is 16.9. The van der Waals surface area contributed by atoms with Gasteiger partial charge in [-0.15, -0.1) is 5.10 Å². The Balaban J connectivity index is 1.36. The van der Waals surface area contributed by atoms with E-state index in [-0.39, 0.29) is 18.3 Å². The van der Waals surface area contributed by atoms with Crippen LogP contribution in [0.5, 0.6) is 11.5 Å². The lowest BCUT2D eigenvalue weighted by Gasteiger charge is -2.10. The first-order valence-corrected chi connectivity index (χ1v) is 11.3. The molecule has 4 aromatic rings. The normalized spacial score (nSPS) is 11.3. The van der Waals surface area contributed by atoms with Crippen molar-refractivity contribution >= 4 is 40.6 Å². The molecule has 2 aromatic heterocycles. The van der Waals surface area contributed by atoms with Crippen molar-refractivity contribution in [2.45, 2.75) is 19.9 Å². The second kappa shape index (κ2) is 10.5. The monoisotopic (exact) mass is 496 g/mol. The van der Waals surface area contributed by atoms with E-state index in [1.165, 1.54) is 25.9 Å². The molecule has 10 heteroatoms. The Morgan fingerprint density at radius 3 is 2.83 bits per heavy atom. The maximum Gasteiger partial charge on any atom is 0.437 e. The topological polar surface area (TPSA) is 111 Å². The number of nitrogens with zero attached hydrogens (tertiary/aromatic N) is 2. The number of benzene rings is 2. The van der Waals surface area contributed by atoms with Crippen LogP contribution >= 0.6 is 11.6 Å². The van der Waals surface area contributed by atoms with Crippen LogP contribution in [0.25, 0.3) is 23.1 Å². The largest absolute Gasteiger partial charge is 0.493 e. The third kappa shape index (κ3) is 5.41. The first kappa shape index (κ1) is 24.2. The van der Waals surface area contributed by atoms with E-state index >= 15 is 0 Å². The van der Waals surface area contributed by atoms with Crippen LogP contribution in [0.4, 0.5) is 0 Å². The highest BCUT2D eigenvalue weighted by atomic mass is 35.5. The maximum absolute atomic E-state index is 12.4. The summed E-state index contributed by atoms with van der Waals surface area (Å²) in [5.41, 5.74) is 3.96. The van der Waals surface area contributed by atoms with Gasteiger partial charge in [-0.05, 0) is 54.8 Å². The fraction of sp³-hybridized carbons (Fsp3) is 0.240. The molecule has 4 rings (SSSR count). The summed E-state index contributed by atoms with van der Waals surface area (Å²) in [6.45, 7) is 2.22. The van der Waals surface area contributed by atoms with Crippen molar-refractivity contribution in [3.63, 3.8) is 0 Å². The average Bonchev–Trinajstić information content (AvgIpc) is 3.40. The molecule has 0 bridgehead atoms. The summed E-state index contributed by atoms with van der Waals surface area (Å²) in [4.78, 5) is 27.7. The zero-order valence-corrected chi connectivity index (χ0v) is 20.3. The number of fused-ring (bicyclic) bond motifs is 1. The Labute approximate surface area is 206 Å². The summed E-state index contributed by atoms with van der Waals surface area (Å²) in [7, 11) is 3.01. The fourth-order valence-corrected chi connectivity index (χ4v) is 4.01. The van der Waals surface area contributed by atoms with Crippen molar-refractivity contribution in [3.8, 4) is 11.5 Å². The van der Waals surface area contributed by atoms with Gasteiger partial charge in [0, 0.05) is 29.7 Å². The molecule has 0 aliphatic carbocycles. The molecule has 0 spiro atoms. The number of aryl methyl sites for hydroxylation is 1. The third-order valence-corrected chi connectivity index (χ3v) is 5.86. The molecule has 0 saturated carbocycles. The number of aromatic nitrogens is 3. The van der Waals surface area contributed by atoms with Crippen LogP contribution in [0.1, 0.15) is 22.6 Å². The van der Waals surface area contributed by atoms with Gasteiger partial charge in [-0.25, -0.2) is 4.79 Å². The van der Waals surface area contributed by atoms with Gasteiger partial charge in [0.25, 0.3) is 0 Å². The van der Waals surface area contributed by atoms with Crippen molar-refractivity contribution in [2.24, 2.45) is 0 Å². The number of carbonyl (C=O) groups excluding carboxylic acids is 1. The van der Waals surface area contributed by atoms with Crippen LogP contribution in [-0.4, -0.2) is 41.4 Å². The molecule has 0 saturated heterocycles. The molecule has 1 amide bonds. The number of carbonyl (C=O) groups is 1. The summed E-state index contributed by atoms with van der Waals surface area (Å²) < 4.78 is 16.6. The number of H-pyrrole nitrogens is 1. The zero-order valence-electron chi connectivity index (χ0n) is 19.6. The van der Waals surface area contributed by atoms with E-state index in [0.717, 1.165) is 21.1 Å². The number of amides is 1. The van der Waals surface area contributed by atoms with E-state index in [4.69, 9.17) is 25.5 Å². The van der Waals surface area contributed by atoms with E-state index in [9.17, 15) is 9.59 Å². The zero-order chi connectivity index (χ0) is 24.9. The van der Waals surface area contributed by atoms with Crippen LogP contribution < -0.4 is 20.5 Å². The number of hydrogen-bond acceptors (Lipinski definition) is 6. The lowest BCUT2D eigenvalue weighted by Crippen LogP contribution is -2.32. The second-order valence-corrected chi connectivity index (χ2v) is 8.24. The molecule has 0 aliphatic heterocycles. The SMILES string of the molecule is COc1ccc(/C=C/c2nn(CC(=O)NCCc3c[nH]c4ccc(C)cc34)c(=O)o2)c(Cl)c1OC. The number of rotatable bonds is 9. The van der Waals surface area contributed by atoms with Gasteiger partial charge in [-0.3, -0.25) is 4.79 Å². The predicted molar refractivity (Wildman–Crippen MR) is 134 cm³/mol. The number of hydrogen-bond donors (Lipinski definition) is 2. The Morgan fingerprint density at radius 1 is 1.23 bits per heavy atom. The standard InChI is InChI=1S/C25H25ClN4O5/c1-15-4-7-19-18(12-15)17(13-28-19)10-11-27-21(31)14-30-25(32)35-22(29-30)9-6-16-5-8-20(33-2)24(34-3)23(16)26/h4-9,12-13,28H,10-11,14H2,1-3H3,(H,27,31)/b9-6+. The van der Waals surface area contributed by atoms with Crippen LogP contribution in [0.15, 0.2) is 45.7 Å². The molecule has 0 aliphatic rings. The quantitative estimate of drug-likeness (QED) is 0.364. The highest BCUT2D eigenvalue weighted by molar-refractivity contribution is 6.34. The van der Waals surface area contributed by atoms with Crippen molar-refractivity contribution in [2.75, 3.05) is 20.8 Å². The van der Waals surface area contributed by atoms with Gasteiger partial charge in [0.1, 0.15) is 6.54 Å². The highest BCUT2D eigenvalue weighted by Crippen LogP contribution is 2.37. The minimum Gasteiger partial charge on any atom is -0.493 e. The average molecular weight is 497 g/mol. The van der Waals surface area contributed by atoms with Crippen molar-refractivity contribution < 1.29 is 18.7 Å². The number of methoxy groups -OCH3 is 2. The molecule has 182 valence electrons. The number of aromatic amines is 1. The third-order valence-electron chi connectivity index (χ3n) is 5.48. The van der Waals surface area contributed by atoms with E-state index in [1.54, 1.807) is 18.2 Å². The van der Waals surface area contributed by atoms with E-state index < -0.39 is 5.76 Å². The van der Waals surface area contributed by atoms with Crippen molar-refractivity contribution in [1.29, 1.82) is 0 Å². The predicted octanol–water partition coefficient (Wildman–Crippen LogP) is 3.83. The smallest absolute Gasteiger partial charge is 0.437 e. The molecule has 0 unspecified atom stereocenters. The molecule has 0 radical (unpaired) electrons. The first-order valence-electron chi connectivity index (χ1n) is 10.9. The molecule has 9 nitrogen and oxygen atoms in total. The summed E-state index contributed by atoms with van der Waals surface area (Å²) in [5, 5.41) is 8.36. The maximum atomic E-state index is 12.4. The minimum absolute atomic E-state index is 0.0443. The van der Waals surface area contributed by atoms with Crippen LogP contribution in [0.2, 0.25) is 5.02 Å². The summed E-state index contributed by atoms with van der Waals surface area (Å²) in [6, 6.07) is 9.64. The Hall–Kier alpha value is -3.98. The molecule has 2 heterocycles. The molecule has 0 atom stereocenters. The van der Waals surface area contributed by atoms with Gasteiger partial charge in [-0.2, -0.15) is 4.68 Å². The summed E-state index contributed by atoms with van der Waals surface area (Å²) >= 11 is 6.36. The molecular weight excluding hydrogens is 472 g/mol. The van der Waals surface area contributed by atoms with Gasteiger partial charge >= 0.3 is 5.76 Å². The number of halogens is 1. The van der Waals surface area contributed by atoms with Gasteiger partial charge in [0.05, 0.1) is 19.2 Å².